The summed E-state index contributed by atoms with van der Waals surface area (Å²) in [5.74, 6) is 0. The number of aromatic nitrogens is 1. The van der Waals surface area contributed by atoms with Crippen molar-refractivity contribution in [1.82, 2.24) is 4.57 Å². The fourth-order valence-corrected chi connectivity index (χ4v) is 1.91. The first-order valence-electron chi connectivity index (χ1n) is 5.13. The number of aryl methyl sites for hydroxylation is 1. The number of rotatable bonds is 3. The molecule has 0 saturated carbocycles. The van der Waals surface area contributed by atoms with Gasteiger partial charge in [-0.3, -0.25) is 0 Å². The Labute approximate surface area is 84.3 Å². The largest absolute Gasteiger partial charge is 0.347 e. The quantitative estimate of drug-likeness (QED) is 0.788. The summed E-state index contributed by atoms with van der Waals surface area (Å²) in [5.41, 5.74) is 8.26. The SMILES string of the molecule is CCCn1cc(CN)c2ccccc21. The Bertz CT molecular complexity index is 429. The van der Waals surface area contributed by atoms with Crippen LogP contribution in [0, 0.1) is 0 Å². The van der Waals surface area contributed by atoms with Gasteiger partial charge in [0.25, 0.3) is 0 Å². The second-order valence-electron chi connectivity index (χ2n) is 3.57. The predicted molar refractivity (Wildman–Crippen MR) is 60.1 cm³/mol. The first-order chi connectivity index (χ1) is 6.86. The van der Waals surface area contributed by atoms with Gasteiger partial charge >= 0.3 is 0 Å². The fourth-order valence-electron chi connectivity index (χ4n) is 1.91. The Morgan fingerprint density at radius 1 is 1.29 bits per heavy atom. The number of nitrogens with two attached hydrogens (primary N) is 1. The average Bonchev–Trinajstić information content (AvgIpc) is 2.58. The van der Waals surface area contributed by atoms with Gasteiger partial charge in [-0.05, 0) is 18.1 Å². The molecule has 0 aliphatic carbocycles. The summed E-state index contributed by atoms with van der Waals surface area (Å²) in [4.78, 5) is 0. The van der Waals surface area contributed by atoms with Crippen molar-refractivity contribution in [1.29, 1.82) is 0 Å². The highest BCUT2D eigenvalue weighted by Crippen LogP contribution is 2.20. The molecule has 0 aliphatic rings. The van der Waals surface area contributed by atoms with E-state index in [0.29, 0.717) is 6.54 Å². The third-order valence-electron chi connectivity index (χ3n) is 2.56. The van der Waals surface area contributed by atoms with Crippen molar-refractivity contribution in [2.45, 2.75) is 26.4 Å². The van der Waals surface area contributed by atoms with Crippen LogP contribution in [0.25, 0.3) is 10.9 Å². The molecule has 2 nitrogen and oxygen atoms in total. The van der Waals surface area contributed by atoms with Crippen LogP contribution in [0.1, 0.15) is 18.9 Å². The molecule has 1 heterocycles. The molecule has 0 spiro atoms. The molecule has 0 atom stereocenters. The highest BCUT2D eigenvalue weighted by Gasteiger charge is 2.04. The Morgan fingerprint density at radius 2 is 2.07 bits per heavy atom. The molecule has 0 radical (unpaired) electrons. The van der Waals surface area contributed by atoms with Gasteiger partial charge in [-0.2, -0.15) is 0 Å². The lowest BCUT2D eigenvalue weighted by Crippen LogP contribution is -1.96. The Morgan fingerprint density at radius 3 is 2.79 bits per heavy atom. The van der Waals surface area contributed by atoms with E-state index in [2.05, 4.69) is 42.0 Å². The third-order valence-corrected chi connectivity index (χ3v) is 2.56. The lowest BCUT2D eigenvalue weighted by molar-refractivity contribution is 0.701. The standard InChI is InChI=1S/C12H16N2/c1-2-7-14-9-10(8-13)11-5-3-4-6-12(11)14/h3-6,9H,2,7-8,13H2,1H3. The number of benzene rings is 1. The van der Waals surface area contributed by atoms with Crippen molar-refractivity contribution in [2.75, 3.05) is 0 Å². The van der Waals surface area contributed by atoms with Gasteiger partial charge < -0.3 is 10.3 Å². The number of hydrogen-bond donors (Lipinski definition) is 1. The summed E-state index contributed by atoms with van der Waals surface area (Å²) in [6.45, 7) is 3.88. The molecule has 2 N–H and O–H groups in total. The minimum Gasteiger partial charge on any atom is -0.347 e. The van der Waals surface area contributed by atoms with Crippen molar-refractivity contribution < 1.29 is 0 Å². The van der Waals surface area contributed by atoms with Crippen molar-refractivity contribution in [3.8, 4) is 0 Å². The maximum Gasteiger partial charge on any atom is 0.0483 e. The molecule has 0 amide bonds. The smallest absolute Gasteiger partial charge is 0.0483 e. The number of para-hydroxylation sites is 1. The van der Waals surface area contributed by atoms with E-state index < -0.39 is 0 Å². The van der Waals surface area contributed by atoms with Gasteiger partial charge in [-0.25, -0.2) is 0 Å². The third kappa shape index (κ3) is 1.42. The molecule has 74 valence electrons. The van der Waals surface area contributed by atoms with Gasteiger partial charge in [0.05, 0.1) is 0 Å². The van der Waals surface area contributed by atoms with Crippen LogP contribution in [0.15, 0.2) is 30.5 Å². The second kappa shape index (κ2) is 3.84. The van der Waals surface area contributed by atoms with Gasteiger partial charge in [0.1, 0.15) is 0 Å². The number of nitrogens with zero attached hydrogens (tertiary/aromatic N) is 1. The van der Waals surface area contributed by atoms with E-state index in [1.807, 2.05) is 0 Å². The maximum absolute atomic E-state index is 5.71. The molecule has 1 aromatic heterocycles. The van der Waals surface area contributed by atoms with Crippen LogP contribution in [0.2, 0.25) is 0 Å². The lowest BCUT2D eigenvalue weighted by Gasteiger charge is -2.01. The summed E-state index contributed by atoms with van der Waals surface area (Å²) < 4.78 is 2.29. The predicted octanol–water partition coefficient (Wildman–Crippen LogP) is 2.51. The summed E-state index contributed by atoms with van der Waals surface area (Å²) >= 11 is 0. The molecule has 0 fully saturated rings. The van der Waals surface area contributed by atoms with Crippen molar-refractivity contribution >= 4 is 10.9 Å². The van der Waals surface area contributed by atoms with Gasteiger partial charge in [0, 0.05) is 30.2 Å². The summed E-state index contributed by atoms with van der Waals surface area (Å²) in [5, 5.41) is 1.29. The molecule has 0 aliphatic heterocycles. The zero-order chi connectivity index (χ0) is 9.97. The Hall–Kier alpha value is -1.28. The van der Waals surface area contributed by atoms with Crippen LogP contribution in [0.4, 0.5) is 0 Å². The minimum absolute atomic E-state index is 0.622. The summed E-state index contributed by atoms with van der Waals surface area (Å²) in [6.07, 6.45) is 3.33. The van der Waals surface area contributed by atoms with Crippen LogP contribution in [-0.2, 0) is 13.1 Å². The molecule has 0 bridgehead atoms. The van der Waals surface area contributed by atoms with Crippen molar-refractivity contribution in [3.63, 3.8) is 0 Å². The average molecular weight is 188 g/mol. The maximum atomic E-state index is 5.71. The highest BCUT2D eigenvalue weighted by atomic mass is 15.0. The van der Waals surface area contributed by atoms with E-state index in [9.17, 15) is 0 Å². The summed E-state index contributed by atoms with van der Waals surface area (Å²) in [6, 6.07) is 8.44. The molecular weight excluding hydrogens is 172 g/mol. The van der Waals surface area contributed by atoms with E-state index in [-0.39, 0.29) is 0 Å². The van der Waals surface area contributed by atoms with Gasteiger partial charge in [-0.1, -0.05) is 25.1 Å². The van der Waals surface area contributed by atoms with Crippen LogP contribution < -0.4 is 5.73 Å². The van der Waals surface area contributed by atoms with Crippen LogP contribution in [0.5, 0.6) is 0 Å². The molecule has 0 unspecified atom stereocenters. The molecule has 1 aromatic carbocycles. The Kier molecular flexibility index (Phi) is 2.55. The van der Waals surface area contributed by atoms with E-state index in [0.717, 1.165) is 13.0 Å². The van der Waals surface area contributed by atoms with Crippen molar-refractivity contribution in [3.05, 3.63) is 36.0 Å². The molecule has 2 aromatic rings. The number of hydrogen-bond acceptors (Lipinski definition) is 1. The zero-order valence-electron chi connectivity index (χ0n) is 8.53. The molecule has 2 heteroatoms. The molecular formula is C12H16N2. The fraction of sp³-hybridized carbons (Fsp3) is 0.333. The minimum atomic E-state index is 0.622. The Balaban J connectivity index is 2.61. The summed E-state index contributed by atoms with van der Waals surface area (Å²) in [7, 11) is 0. The van der Waals surface area contributed by atoms with Gasteiger partial charge in [-0.15, -0.1) is 0 Å². The van der Waals surface area contributed by atoms with Crippen LogP contribution in [-0.4, -0.2) is 4.57 Å². The molecule has 14 heavy (non-hydrogen) atoms. The van der Waals surface area contributed by atoms with Crippen LogP contribution >= 0.6 is 0 Å². The van der Waals surface area contributed by atoms with Crippen LogP contribution in [0.3, 0.4) is 0 Å². The zero-order valence-corrected chi connectivity index (χ0v) is 8.53. The number of fused-ring (bicyclic) bond motifs is 1. The van der Waals surface area contributed by atoms with Gasteiger partial charge in [0.2, 0.25) is 0 Å². The van der Waals surface area contributed by atoms with E-state index >= 15 is 0 Å². The highest BCUT2D eigenvalue weighted by molar-refractivity contribution is 5.83. The lowest BCUT2D eigenvalue weighted by atomic mass is 10.2. The molecule has 0 saturated heterocycles. The second-order valence-corrected chi connectivity index (χ2v) is 3.57. The monoisotopic (exact) mass is 188 g/mol. The molecule has 2 rings (SSSR count). The van der Waals surface area contributed by atoms with E-state index in [1.54, 1.807) is 0 Å². The van der Waals surface area contributed by atoms with E-state index in [1.165, 1.54) is 16.5 Å². The van der Waals surface area contributed by atoms with E-state index in [4.69, 9.17) is 5.73 Å². The van der Waals surface area contributed by atoms with Crippen molar-refractivity contribution in [2.24, 2.45) is 5.73 Å². The first-order valence-corrected chi connectivity index (χ1v) is 5.13. The van der Waals surface area contributed by atoms with Gasteiger partial charge in [0.15, 0.2) is 0 Å². The normalized spacial score (nSPS) is 11.0. The topological polar surface area (TPSA) is 30.9 Å². The first kappa shape index (κ1) is 9.28.